The smallest absolute Gasteiger partial charge is 0.337 e. The van der Waals surface area contributed by atoms with Crippen LogP contribution in [0.1, 0.15) is 36.6 Å². The highest BCUT2D eigenvalue weighted by Gasteiger charge is 2.32. The van der Waals surface area contributed by atoms with Crippen LogP contribution in [0.2, 0.25) is 5.02 Å². The molecule has 0 unspecified atom stereocenters. The summed E-state index contributed by atoms with van der Waals surface area (Å²) in [6.07, 6.45) is 0.320. The fourth-order valence-corrected chi connectivity index (χ4v) is 4.75. The van der Waals surface area contributed by atoms with Gasteiger partial charge in [-0.05, 0) is 67.4 Å². The number of amides is 2. The normalized spacial score (nSPS) is 15.3. The van der Waals surface area contributed by atoms with Crippen molar-refractivity contribution in [1.29, 1.82) is 0 Å². The fraction of sp³-hybridized carbons (Fsp3) is 0.258. The number of rotatable bonds is 13. The monoisotopic (exact) mass is 686 g/mol. The summed E-state index contributed by atoms with van der Waals surface area (Å²) in [4.78, 5) is 24.6. The number of nitrogens with one attached hydrogen (secondary N) is 3. The summed E-state index contributed by atoms with van der Waals surface area (Å²) in [6.45, 7) is 3.94. The molecule has 3 aromatic carbocycles. The molecule has 1 heterocycles. The van der Waals surface area contributed by atoms with Gasteiger partial charge in [-0.25, -0.2) is 9.59 Å². The van der Waals surface area contributed by atoms with E-state index < -0.39 is 24.3 Å². The zero-order valence-electron chi connectivity index (χ0n) is 24.2. The third-order valence-electron chi connectivity index (χ3n) is 6.38. The number of allylic oxidation sites excluding steroid dienone is 1. The van der Waals surface area contributed by atoms with E-state index in [1.807, 2.05) is 31.2 Å². The highest BCUT2D eigenvalue weighted by atomic mass is 79.9. The second-order valence-corrected chi connectivity index (χ2v) is 10.9. The maximum absolute atomic E-state index is 12.4. The van der Waals surface area contributed by atoms with E-state index in [2.05, 4.69) is 37.1 Å². The lowest BCUT2D eigenvalue weighted by Gasteiger charge is -2.28. The molecule has 4 rings (SSSR count). The molecule has 44 heavy (non-hydrogen) atoms. The maximum Gasteiger partial charge on any atom is 0.337 e. The molecule has 0 saturated carbocycles. The van der Waals surface area contributed by atoms with E-state index in [1.54, 1.807) is 43.3 Å². The topological polar surface area (TPSA) is 140 Å². The van der Waals surface area contributed by atoms with Crippen LogP contribution >= 0.6 is 27.5 Å². The van der Waals surface area contributed by atoms with Crippen molar-refractivity contribution in [3.8, 4) is 17.2 Å². The first-order valence-corrected chi connectivity index (χ1v) is 14.7. The number of hydrogen-bond donors (Lipinski definition) is 4. The molecule has 0 spiro atoms. The number of carbonyl (C=O) groups is 2. The Morgan fingerprint density at radius 3 is 2.57 bits per heavy atom. The fourth-order valence-electron chi connectivity index (χ4n) is 4.31. The molecule has 0 bridgehead atoms. The van der Waals surface area contributed by atoms with E-state index in [-0.39, 0.29) is 12.2 Å². The molecule has 0 fully saturated rings. The van der Waals surface area contributed by atoms with Gasteiger partial charge in [0.2, 0.25) is 0 Å². The molecule has 232 valence electrons. The predicted molar refractivity (Wildman–Crippen MR) is 169 cm³/mol. The van der Waals surface area contributed by atoms with Crippen LogP contribution in [0.5, 0.6) is 17.2 Å². The molecule has 0 aliphatic carbocycles. The number of esters is 1. The Balaban J connectivity index is 1.40. The Labute approximate surface area is 268 Å². The first kappa shape index (κ1) is 32.6. The van der Waals surface area contributed by atoms with E-state index in [9.17, 15) is 14.7 Å². The van der Waals surface area contributed by atoms with Gasteiger partial charge in [-0.2, -0.15) is 5.10 Å². The van der Waals surface area contributed by atoms with Crippen molar-refractivity contribution < 1.29 is 33.6 Å². The van der Waals surface area contributed by atoms with Crippen LogP contribution in [0.25, 0.3) is 0 Å². The Hall–Kier alpha value is -4.26. The molecule has 11 nitrogen and oxygen atoms in total. The van der Waals surface area contributed by atoms with Gasteiger partial charge in [0.15, 0.2) is 17.7 Å². The number of aliphatic hydroxyl groups excluding tert-OH is 1. The Morgan fingerprint density at radius 2 is 1.84 bits per heavy atom. The molecule has 0 saturated heterocycles. The van der Waals surface area contributed by atoms with Crippen LogP contribution in [-0.4, -0.2) is 49.9 Å². The summed E-state index contributed by atoms with van der Waals surface area (Å²) >= 11 is 9.60. The summed E-state index contributed by atoms with van der Waals surface area (Å²) in [5.41, 5.74) is 5.47. The quantitative estimate of drug-likeness (QED) is 0.0833. The van der Waals surface area contributed by atoms with Crippen LogP contribution in [0.4, 0.5) is 4.79 Å². The number of halogens is 2. The minimum Gasteiger partial charge on any atom is -0.490 e. The molecule has 2 amide bonds. The van der Waals surface area contributed by atoms with E-state index in [0.717, 1.165) is 10.0 Å². The zero-order chi connectivity index (χ0) is 31.6. The molecule has 4 N–H and O–H groups in total. The minimum atomic E-state index is -1.17. The van der Waals surface area contributed by atoms with Crippen LogP contribution in [0.15, 0.2) is 81.5 Å². The van der Waals surface area contributed by atoms with Crippen molar-refractivity contribution in [2.45, 2.75) is 32.7 Å². The summed E-state index contributed by atoms with van der Waals surface area (Å²) < 4.78 is 23.4. The van der Waals surface area contributed by atoms with Gasteiger partial charge in [-0.3, -0.25) is 5.43 Å². The molecule has 0 radical (unpaired) electrons. The number of nitrogens with zero attached hydrogens (tertiary/aromatic N) is 1. The summed E-state index contributed by atoms with van der Waals surface area (Å²) in [5.74, 6) is 0.704. The van der Waals surface area contributed by atoms with Crippen LogP contribution < -0.4 is 30.3 Å². The highest BCUT2D eigenvalue weighted by molar-refractivity contribution is 9.10. The van der Waals surface area contributed by atoms with Crippen molar-refractivity contribution >= 4 is 45.7 Å². The highest BCUT2D eigenvalue weighted by Crippen LogP contribution is 2.35. The van der Waals surface area contributed by atoms with Crippen LogP contribution in [0.3, 0.4) is 0 Å². The van der Waals surface area contributed by atoms with Crippen LogP contribution in [0, 0.1) is 0 Å². The van der Waals surface area contributed by atoms with Crippen molar-refractivity contribution in [3.05, 3.63) is 98.1 Å². The number of benzene rings is 3. The van der Waals surface area contributed by atoms with E-state index in [4.69, 9.17) is 30.5 Å². The van der Waals surface area contributed by atoms with E-state index >= 15 is 0 Å². The van der Waals surface area contributed by atoms with Crippen molar-refractivity contribution in [1.82, 2.24) is 16.1 Å². The lowest BCUT2D eigenvalue weighted by Crippen LogP contribution is -2.45. The minimum absolute atomic E-state index is 0.171. The lowest BCUT2D eigenvalue weighted by molar-refractivity contribution is -0.136. The number of aliphatic hydroxyl groups is 1. The number of methoxy groups -OCH3 is 1. The molecule has 0 aromatic heterocycles. The van der Waals surface area contributed by atoms with Gasteiger partial charge in [-0.1, -0.05) is 45.7 Å². The van der Waals surface area contributed by atoms with Gasteiger partial charge in [0.1, 0.15) is 19.0 Å². The Kier molecular flexibility index (Phi) is 11.5. The standard InChI is InChI=1S/C31H32BrClN4O7/c1-4-42-26-14-20(29-28(30(39)41-3)18(2)35-31(40)36-29)7-11-25(26)44-17-27(38)37-34-15-21-13-23(33)10-12-24(21)43-16-19-5-8-22(32)9-6-19/h5-15,27,29,37-38H,4,16-17H2,1-3H3,(H2,35,36,40)/b34-15+/t27-,29+/m1/s1. The summed E-state index contributed by atoms with van der Waals surface area (Å²) in [5, 5.41) is 20.4. The van der Waals surface area contributed by atoms with Gasteiger partial charge in [0, 0.05) is 20.8 Å². The molecule has 1 aliphatic heterocycles. The van der Waals surface area contributed by atoms with Crippen LogP contribution in [-0.2, 0) is 16.1 Å². The van der Waals surface area contributed by atoms with Crippen molar-refractivity contribution in [3.63, 3.8) is 0 Å². The third-order valence-corrected chi connectivity index (χ3v) is 7.14. The lowest BCUT2D eigenvalue weighted by atomic mass is 9.95. The first-order chi connectivity index (χ1) is 21.2. The SMILES string of the molecule is CCOc1cc([C@@H]2NC(=O)NC(C)=C2C(=O)OC)ccc1OC[C@@H](O)N/N=C/c1cc(Cl)ccc1OCc1ccc(Br)cc1. The van der Waals surface area contributed by atoms with Crippen molar-refractivity contribution in [2.24, 2.45) is 5.10 Å². The molecule has 13 heteroatoms. The first-order valence-electron chi connectivity index (χ1n) is 13.6. The number of ether oxygens (including phenoxy) is 4. The number of hydrazone groups is 1. The molecular weight excluding hydrogens is 656 g/mol. The average molecular weight is 688 g/mol. The van der Waals surface area contributed by atoms with E-state index in [1.165, 1.54) is 13.3 Å². The summed E-state index contributed by atoms with van der Waals surface area (Å²) in [7, 11) is 1.27. The van der Waals surface area contributed by atoms with Gasteiger partial charge in [0.25, 0.3) is 0 Å². The molecule has 3 aromatic rings. The van der Waals surface area contributed by atoms with Gasteiger partial charge in [-0.15, -0.1) is 0 Å². The Bertz CT molecular complexity index is 1550. The van der Waals surface area contributed by atoms with Crippen molar-refractivity contribution in [2.75, 3.05) is 20.3 Å². The molecule has 2 atom stereocenters. The summed E-state index contributed by atoms with van der Waals surface area (Å²) in [6, 6.07) is 16.8. The van der Waals surface area contributed by atoms with Gasteiger partial charge in [0.05, 0.1) is 31.5 Å². The van der Waals surface area contributed by atoms with E-state index in [0.29, 0.717) is 52.3 Å². The van der Waals surface area contributed by atoms with Gasteiger partial charge >= 0.3 is 12.0 Å². The predicted octanol–water partition coefficient (Wildman–Crippen LogP) is 5.20. The third kappa shape index (κ3) is 8.65. The molecule has 1 aliphatic rings. The Morgan fingerprint density at radius 1 is 1.09 bits per heavy atom. The number of urea groups is 1. The maximum atomic E-state index is 12.4. The second kappa shape index (κ2) is 15.5. The molecular formula is C31H32BrClN4O7. The van der Waals surface area contributed by atoms with Gasteiger partial charge < -0.3 is 34.7 Å². The average Bonchev–Trinajstić information content (AvgIpc) is 3.00. The number of hydrogen-bond acceptors (Lipinski definition) is 9. The second-order valence-electron chi connectivity index (χ2n) is 9.51. The largest absolute Gasteiger partial charge is 0.490 e. The number of carbonyl (C=O) groups excluding carboxylic acids is 2. The zero-order valence-corrected chi connectivity index (χ0v) is 26.6.